The summed E-state index contributed by atoms with van der Waals surface area (Å²) in [6.07, 6.45) is 0.435. The number of carbonyl (C=O) groups excluding carboxylic acids is 1. The molecule has 0 saturated carbocycles. The van der Waals surface area contributed by atoms with Crippen LogP contribution in [-0.4, -0.2) is 37.6 Å². The van der Waals surface area contributed by atoms with E-state index in [9.17, 15) is 4.79 Å². The van der Waals surface area contributed by atoms with Crippen molar-refractivity contribution in [1.29, 1.82) is 0 Å². The van der Waals surface area contributed by atoms with E-state index in [1.165, 1.54) is 5.56 Å². The van der Waals surface area contributed by atoms with Crippen molar-refractivity contribution in [3.05, 3.63) is 84.4 Å². The van der Waals surface area contributed by atoms with Crippen molar-refractivity contribution in [2.24, 2.45) is 0 Å². The van der Waals surface area contributed by atoms with E-state index in [0.717, 1.165) is 29.1 Å². The summed E-state index contributed by atoms with van der Waals surface area (Å²) in [5, 5.41) is 3.06. The molecule has 0 radical (unpaired) electrons. The summed E-state index contributed by atoms with van der Waals surface area (Å²) in [6.45, 7) is 4.09. The molecule has 0 spiro atoms. The van der Waals surface area contributed by atoms with Gasteiger partial charge in [-0.1, -0.05) is 60.7 Å². The Morgan fingerprint density at radius 2 is 1.69 bits per heavy atom. The fourth-order valence-corrected chi connectivity index (χ4v) is 3.10. The molecule has 1 N–H and O–H groups in total. The Balaban J connectivity index is 1.45. The molecule has 0 saturated heterocycles. The molecule has 0 heterocycles. The Morgan fingerprint density at radius 1 is 0.931 bits per heavy atom. The Hall–Kier alpha value is -3.11. The van der Waals surface area contributed by atoms with Crippen molar-refractivity contribution >= 4 is 11.6 Å². The van der Waals surface area contributed by atoms with E-state index >= 15 is 0 Å². The smallest absolute Gasteiger partial charge is 0.225 e. The van der Waals surface area contributed by atoms with E-state index < -0.39 is 0 Å². The van der Waals surface area contributed by atoms with E-state index in [4.69, 9.17) is 4.74 Å². The van der Waals surface area contributed by atoms with E-state index in [2.05, 4.69) is 10.2 Å². The molecule has 0 atom stereocenters. The number of benzene rings is 3. The van der Waals surface area contributed by atoms with Crippen molar-refractivity contribution in [3.63, 3.8) is 0 Å². The lowest BCUT2D eigenvalue weighted by molar-refractivity contribution is -0.116. The molecule has 29 heavy (non-hydrogen) atoms. The second-order valence-electron chi connectivity index (χ2n) is 7.18. The predicted octanol–water partition coefficient (Wildman–Crippen LogP) is 5.00. The van der Waals surface area contributed by atoms with E-state index in [-0.39, 0.29) is 5.91 Å². The number of nitrogens with zero attached hydrogens (tertiary/aromatic N) is 1. The largest absolute Gasteiger partial charge is 0.492 e. The number of rotatable bonds is 9. The number of carbonyl (C=O) groups is 1. The SMILES string of the molecule is Cc1cccc(OCCN(C)CCC(=O)Nc2ccccc2-c2ccccc2)c1. The van der Waals surface area contributed by atoms with Crippen LogP contribution in [0.15, 0.2) is 78.9 Å². The standard InChI is InChI=1S/C25H28N2O2/c1-20-9-8-12-22(19-20)29-18-17-27(2)16-15-25(28)26-24-14-7-6-13-23(24)21-10-4-3-5-11-21/h3-14,19H,15-18H2,1-2H3,(H,26,28). The van der Waals surface area contributed by atoms with Gasteiger partial charge >= 0.3 is 0 Å². The van der Waals surface area contributed by atoms with Gasteiger partial charge in [-0.25, -0.2) is 0 Å². The quantitative estimate of drug-likeness (QED) is 0.561. The highest BCUT2D eigenvalue weighted by Crippen LogP contribution is 2.27. The lowest BCUT2D eigenvalue weighted by atomic mass is 10.0. The maximum Gasteiger partial charge on any atom is 0.225 e. The molecule has 0 aromatic heterocycles. The number of ether oxygens (including phenoxy) is 1. The third-order valence-electron chi connectivity index (χ3n) is 4.74. The number of hydrogen-bond donors (Lipinski definition) is 1. The summed E-state index contributed by atoms with van der Waals surface area (Å²) in [5.74, 6) is 0.897. The van der Waals surface area contributed by atoms with Crippen LogP contribution in [0.1, 0.15) is 12.0 Å². The van der Waals surface area contributed by atoms with Gasteiger partial charge in [0.05, 0.1) is 0 Å². The van der Waals surface area contributed by atoms with E-state index in [0.29, 0.717) is 19.6 Å². The fourth-order valence-electron chi connectivity index (χ4n) is 3.10. The minimum atomic E-state index is 0.0137. The highest BCUT2D eigenvalue weighted by atomic mass is 16.5. The maximum atomic E-state index is 12.5. The lowest BCUT2D eigenvalue weighted by Crippen LogP contribution is -2.28. The molecule has 0 unspecified atom stereocenters. The summed E-state index contributed by atoms with van der Waals surface area (Å²) >= 11 is 0. The summed E-state index contributed by atoms with van der Waals surface area (Å²) in [6, 6.07) is 26.0. The number of anilines is 1. The molecule has 150 valence electrons. The first-order chi connectivity index (χ1) is 14.1. The number of para-hydroxylation sites is 1. The Kier molecular flexibility index (Phi) is 7.42. The monoisotopic (exact) mass is 388 g/mol. The molecule has 3 aromatic rings. The zero-order chi connectivity index (χ0) is 20.5. The molecule has 3 aromatic carbocycles. The Bertz CT molecular complexity index is 925. The molecule has 0 bridgehead atoms. The molecule has 4 nitrogen and oxygen atoms in total. The van der Waals surface area contributed by atoms with E-state index in [1.54, 1.807) is 0 Å². The summed E-state index contributed by atoms with van der Waals surface area (Å²) < 4.78 is 5.78. The van der Waals surface area contributed by atoms with Gasteiger partial charge in [-0.3, -0.25) is 4.79 Å². The van der Waals surface area contributed by atoms with Crippen LogP contribution in [-0.2, 0) is 4.79 Å². The van der Waals surface area contributed by atoms with E-state index in [1.807, 2.05) is 92.8 Å². The van der Waals surface area contributed by atoms with Crippen molar-refractivity contribution in [1.82, 2.24) is 4.90 Å². The second kappa shape index (κ2) is 10.4. The average Bonchev–Trinajstić information content (AvgIpc) is 2.73. The van der Waals surface area contributed by atoms with Crippen LogP contribution in [0.5, 0.6) is 5.75 Å². The zero-order valence-corrected chi connectivity index (χ0v) is 17.1. The molecule has 0 aliphatic rings. The first kappa shape index (κ1) is 20.6. The number of hydrogen-bond acceptors (Lipinski definition) is 3. The summed E-state index contributed by atoms with van der Waals surface area (Å²) in [7, 11) is 2.00. The van der Waals surface area contributed by atoms with Crippen LogP contribution in [0.25, 0.3) is 11.1 Å². The third kappa shape index (κ3) is 6.47. The number of aryl methyl sites for hydroxylation is 1. The Morgan fingerprint density at radius 3 is 2.48 bits per heavy atom. The Labute approximate surface area is 173 Å². The summed E-state index contributed by atoms with van der Waals surface area (Å²) in [4.78, 5) is 14.6. The van der Waals surface area contributed by atoms with Crippen LogP contribution in [0.3, 0.4) is 0 Å². The molecule has 0 aliphatic carbocycles. The average molecular weight is 389 g/mol. The van der Waals surface area contributed by atoms with Crippen LogP contribution < -0.4 is 10.1 Å². The summed E-state index contributed by atoms with van der Waals surface area (Å²) in [5.41, 5.74) is 4.15. The van der Waals surface area contributed by atoms with Gasteiger partial charge in [0.15, 0.2) is 0 Å². The van der Waals surface area contributed by atoms with Gasteiger partial charge in [-0.15, -0.1) is 0 Å². The molecule has 1 amide bonds. The normalized spacial score (nSPS) is 10.7. The first-order valence-corrected chi connectivity index (χ1v) is 9.94. The first-order valence-electron chi connectivity index (χ1n) is 9.94. The van der Waals surface area contributed by atoms with Gasteiger partial charge in [0, 0.05) is 30.8 Å². The third-order valence-corrected chi connectivity index (χ3v) is 4.74. The topological polar surface area (TPSA) is 41.6 Å². The van der Waals surface area contributed by atoms with Gasteiger partial charge in [0.2, 0.25) is 5.91 Å². The fraction of sp³-hybridized carbons (Fsp3) is 0.240. The van der Waals surface area contributed by atoms with Gasteiger partial charge in [-0.2, -0.15) is 0 Å². The molecule has 0 fully saturated rings. The number of likely N-dealkylation sites (N-methyl/N-ethyl adjacent to an activating group) is 1. The molecular formula is C25H28N2O2. The minimum Gasteiger partial charge on any atom is -0.492 e. The molecular weight excluding hydrogens is 360 g/mol. The van der Waals surface area contributed by atoms with Crippen LogP contribution >= 0.6 is 0 Å². The second-order valence-corrected chi connectivity index (χ2v) is 7.18. The predicted molar refractivity (Wildman–Crippen MR) is 119 cm³/mol. The lowest BCUT2D eigenvalue weighted by Gasteiger charge is -2.17. The van der Waals surface area contributed by atoms with Crippen LogP contribution in [0, 0.1) is 6.92 Å². The molecule has 0 aliphatic heterocycles. The van der Waals surface area contributed by atoms with Crippen molar-refractivity contribution in [2.75, 3.05) is 32.1 Å². The molecule has 4 heteroatoms. The van der Waals surface area contributed by atoms with Gasteiger partial charge < -0.3 is 15.0 Å². The number of nitrogens with one attached hydrogen (secondary N) is 1. The highest BCUT2D eigenvalue weighted by Gasteiger charge is 2.09. The number of amides is 1. The minimum absolute atomic E-state index is 0.0137. The van der Waals surface area contributed by atoms with Crippen molar-refractivity contribution < 1.29 is 9.53 Å². The van der Waals surface area contributed by atoms with Crippen LogP contribution in [0.2, 0.25) is 0 Å². The molecule has 3 rings (SSSR count). The zero-order valence-electron chi connectivity index (χ0n) is 17.1. The van der Waals surface area contributed by atoms with Crippen LogP contribution in [0.4, 0.5) is 5.69 Å². The van der Waals surface area contributed by atoms with Crippen molar-refractivity contribution in [2.45, 2.75) is 13.3 Å². The van der Waals surface area contributed by atoms with Gasteiger partial charge in [0.1, 0.15) is 12.4 Å². The van der Waals surface area contributed by atoms with Gasteiger partial charge in [0.25, 0.3) is 0 Å². The maximum absolute atomic E-state index is 12.5. The van der Waals surface area contributed by atoms with Crippen molar-refractivity contribution in [3.8, 4) is 16.9 Å². The highest BCUT2D eigenvalue weighted by molar-refractivity contribution is 5.95. The van der Waals surface area contributed by atoms with Gasteiger partial charge in [-0.05, 0) is 43.3 Å².